The molecule has 1 aliphatic carbocycles. The first-order valence-electron chi connectivity index (χ1n) is 14.5. The lowest BCUT2D eigenvalue weighted by molar-refractivity contribution is 0.0978. The van der Waals surface area contributed by atoms with Crippen LogP contribution in [0.25, 0.3) is 0 Å². The topological polar surface area (TPSA) is 74.6 Å². The Hall–Kier alpha value is -2.30. The molecule has 4 heteroatoms. The monoisotopic (exact) mass is 520 g/mol. The molecule has 0 saturated carbocycles. The third-order valence-electron chi connectivity index (χ3n) is 8.82. The second kappa shape index (κ2) is 12.7. The van der Waals surface area contributed by atoms with Gasteiger partial charge in [0.05, 0.1) is 0 Å². The van der Waals surface area contributed by atoms with Crippen molar-refractivity contribution in [3.63, 3.8) is 0 Å². The zero-order valence-corrected chi connectivity index (χ0v) is 24.4. The first-order valence-corrected chi connectivity index (χ1v) is 14.5. The SMILES string of the molecule is CC(CCO)CCCC(C)(C)c1ccc2c(c1)C(=O)c1ccc(C(C)(C)CCCC(C)CCO)cc1C2=O. The Balaban J connectivity index is 1.78. The van der Waals surface area contributed by atoms with Crippen LogP contribution in [0.1, 0.15) is 136 Å². The standard InChI is InChI=1S/C34H48O4/c1-23(15-19-35)9-7-17-33(3,4)25-11-13-27-29(21-25)31(37)28-14-12-26(22-30(28)32(27)38)34(5,6)18-8-10-24(2)16-20-36/h11-14,21-24,35-36H,7-10,15-20H2,1-6H3. The van der Waals surface area contributed by atoms with Gasteiger partial charge in [-0.1, -0.05) is 79.4 Å². The van der Waals surface area contributed by atoms with Gasteiger partial charge in [-0.15, -0.1) is 0 Å². The maximum atomic E-state index is 13.6. The normalized spacial score (nSPS) is 15.3. The van der Waals surface area contributed by atoms with Crippen molar-refractivity contribution in [3.8, 4) is 0 Å². The van der Waals surface area contributed by atoms with Crippen LogP contribution < -0.4 is 0 Å². The minimum atomic E-state index is -0.111. The van der Waals surface area contributed by atoms with Crippen LogP contribution in [0, 0.1) is 11.8 Å². The Morgan fingerprint density at radius 1 is 0.605 bits per heavy atom. The smallest absolute Gasteiger partial charge is 0.194 e. The molecular formula is C34H48O4. The Kier molecular flexibility index (Phi) is 10.1. The van der Waals surface area contributed by atoms with E-state index in [1.165, 1.54) is 0 Å². The van der Waals surface area contributed by atoms with Crippen LogP contribution in [0.4, 0.5) is 0 Å². The molecule has 208 valence electrons. The summed E-state index contributed by atoms with van der Waals surface area (Å²) in [6.45, 7) is 13.6. The van der Waals surface area contributed by atoms with Crippen LogP contribution >= 0.6 is 0 Å². The van der Waals surface area contributed by atoms with Gasteiger partial charge in [-0.25, -0.2) is 0 Å². The van der Waals surface area contributed by atoms with Crippen molar-refractivity contribution in [2.75, 3.05) is 13.2 Å². The summed E-state index contributed by atoms with van der Waals surface area (Å²) in [5, 5.41) is 18.3. The van der Waals surface area contributed by atoms with Crippen molar-refractivity contribution in [1.29, 1.82) is 0 Å². The lowest BCUT2D eigenvalue weighted by atomic mass is 9.74. The van der Waals surface area contributed by atoms with Crippen LogP contribution in [0.5, 0.6) is 0 Å². The Bertz CT molecular complexity index is 1040. The Labute approximate surface area is 229 Å². The van der Waals surface area contributed by atoms with Crippen LogP contribution in [0.15, 0.2) is 36.4 Å². The highest BCUT2D eigenvalue weighted by atomic mass is 16.3. The van der Waals surface area contributed by atoms with Gasteiger partial charge in [0.2, 0.25) is 0 Å². The molecule has 0 spiro atoms. The molecule has 38 heavy (non-hydrogen) atoms. The number of aliphatic hydroxyl groups excluding tert-OH is 2. The summed E-state index contributed by atoms with van der Waals surface area (Å²) in [7, 11) is 0. The van der Waals surface area contributed by atoms with E-state index in [9.17, 15) is 9.59 Å². The lowest BCUT2D eigenvalue weighted by Gasteiger charge is -2.29. The predicted molar refractivity (Wildman–Crippen MR) is 155 cm³/mol. The number of ketones is 2. The molecule has 0 saturated heterocycles. The van der Waals surface area contributed by atoms with Crippen LogP contribution in [-0.4, -0.2) is 35.0 Å². The first kappa shape index (κ1) is 30.2. The van der Waals surface area contributed by atoms with Crippen molar-refractivity contribution < 1.29 is 19.8 Å². The van der Waals surface area contributed by atoms with Gasteiger partial charge in [0, 0.05) is 35.5 Å². The number of fused-ring (bicyclic) bond motifs is 2. The van der Waals surface area contributed by atoms with E-state index in [0.717, 1.165) is 62.5 Å². The fourth-order valence-electron chi connectivity index (χ4n) is 5.80. The van der Waals surface area contributed by atoms with E-state index in [1.54, 1.807) is 0 Å². The molecule has 1 aliphatic rings. The number of rotatable bonds is 14. The zero-order valence-electron chi connectivity index (χ0n) is 24.4. The zero-order chi connectivity index (χ0) is 28.1. The molecule has 0 aromatic heterocycles. The summed E-state index contributed by atoms with van der Waals surface area (Å²) >= 11 is 0. The van der Waals surface area contributed by atoms with Crippen molar-refractivity contribution in [2.24, 2.45) is 11.8 Å². The summed E-state index contributed by atoms with van der Waals surface area (Å²) in [6, 6.07) is 11.6. The maximum absolute atomic E-state index is 13.6. The first-order chi connectivity index (χ1) is 17.9. The van der Waals surface area contributed by atoms with Crippen molar-refractivity contribution in [3.05, 3.63) is 69.8 Å². The average Bonchev–Trinajstić information content (AvgIpc) is 2.86. The fraction of sp³-hybridized carbons (Fsp3) is 0.588. The highest BCUT2D eigenvalue weighted by Crippen LogP contribution is 2.37. The van der Waals surface area contributed by atoms with E-state index in [-0.39, 0.29) is 35.6 Å². The fourth-order valence-corrected chi connectivity index (χ4v) is 5.80. The van der Waals surface area contributed by atoms with Crippen molar-refractivity contribution in [1.82, 2.24) is 0 Å². The molecule has 2 atom stereocenters. The summed E-state index contributed by atoms with van der Waals surface area (Å²) in [5.41, 5.74) is 4.00. The summed E-state index contributed by atoms with van der Waals surface area (Å²) in [6.07, 6.45) is 7.88. The molecule has 0 radical (unpaired) electrons. The molecule has 3 rings (SSSR count). The number of carbonyl (C=O) groups is 2. The van der Waals surface area contributed by atoms with Gasteiger partial charge < -0.3 is 10.2 Å². The Morgan fingerprint density at radius 2 is 0.974 bits per heavy atom. The van der Waals surface area contributed by atoms with Gasteiger partial charge in [0.1, 0.15) is 0 Å². The molecule has 0 bridgehead atoms. The van der Waals surface area contributed by atoms with Gasteiger partial charge in [-0.2, -0.15) is 0 Å². The lowest BCUT2D eigenvalue weighted by Crippen LogP contribution is -2.25. The van der Waals surface area contributed by atoms with Gasteiger partial charge in [0.15, 0.2) is 11.6 Å². The van der Waals surface area contributed by atoms with Crippen LogP contribution in [0.3, 0.4) is 0 Å². The maximum Gasteiger partial charge on any atom is 0.194 e. The number of aliphatic hydroxyl groups is 2. The second-order valence-corrected chi connectivity index (χ2v) is 13.0. The quantitative estimate of drug-likeness (QED) is 0.232. The summed E-state index contributed by atoms with van der Waals surface area (Å²) < 4.78 is 0. The van der Waals surface area contributed by atoms with E-state index in [4.69, 9.17) is 10.2 Å². The van der Waals surface area contributed by atoms with Gasteiger partial charge >= 0.3 is 0 Å². The van der Waals surface area contributed by atoms with E-state index in [1.807, 2.05) is 36.4 Å². The van der Waals surface area contributed by atoms with E-state index >= 15 is 0 Å². The molecule has 0 amide bonds. The summed E-state index contributed by atoms with van der Waals surface area (Å²) in [5.74, 6) is 0.872. The minimum Gasteiger partial charge on any atom is -0.396 e. The Morgan fingerprint density at radius 3 is 1.32 bits per heavy atom. The number of hydrogen-bond donors (Lipinski definition) is 2. The highest BCUT2D eigenvalue weighted by Gasteiger charge is 2.33. The largest absolute Gasteiger partial charge is 0.396 e. The molecule has 0 aliphatic heterocycles. The molecule has 2 aromatic carbocycles. The van der Waals surface area contributed by atoms with E-state index in [2.05, 4.69) is 41.5 Å². The molecule has 2 N–H and O–H groups in total. The second-order valence-electron chi connectivity index (χ2n) is 13.0. The van der Waals surface area contributed by atoms with Gasteiger partial charge in [0.25, 0.3) is 0 Å². The molecule has 2 aromatic rings. The van der Waals surface area contributed by atoms with Crippen LogP contribution in [-0.2, 0) is 10.8 Å². The third kappa shape index (κ3) is 7.01. The highest BCUT2D eigenvalue weighted by molar-refractivity contribution is 6.28. The van der Waals surface area contributed by atoms with Crippen molar-refractivity contribution in [2.45, 2.75) is 104 Å². The number of benzene rings is 2. The summed E-state index contributed by atoms with van der Waals surface area (Å²) in [4.78, 5) is 27.2. The van der Waals surface area contributed by atoms with E-state index in [0.29, 0.717) is 34.1 Å². The van der Waals surface area contributed by atoms with Gasteiger partial charge in [-0.05, 0) is 83.7 Å². The third-order valence-corrected chi connectivity index (χ3v) is 8.82. The molecule has 4 nitrogen and oxygen atoms in total. The van der Waals surface area contributed by atoms with Gasteiger partial charge in [-0.3, -0.25) is 9.59 Å². The number of hydrogen-bond acceptors (Lipinski definition) is 4. The number of carbonyl (C=O) groups excluding carboxylic acids is 2. The van der Waals surface area contributed by atoms with Crippen molar-refractivity contribution >= 4 is 11.6 Å². The van der Waals surface area contributed by atoms with Crippen LogP contribution in [0.2, 0.25) is 0 Å². The van der Waals surface area contributed by atoms with E-state index < -0.39 is 0 Å². The molecular weight excluding hydrogens is 472 g/mol. The molecule has 0 heterocycles. The minimum absolute atomic E-state index is 0.0639. The predicted octanol–water partition coefficient (Wildman–Crippen LogP) is 7.39. The average molecular weight is 521 g/mol. The molecule has 0 fully saturated rings. The molecule has 2 unspecified atom stereocenters.